The summed E-state index contributed by atoms with van der Waals surface area (Å²) >= 11 is 0. The van der Waals surface area contributed by atoms with Crippen LogP contribution in [0.2, 0.25) is 0 Å². The van der Waals surface area contributed by atoms with Gasteiger partial charge < -0.3 is 11.1 Å². The molecule has 3 rings (SSSR count). The zero-order valence-corrected chi connectivity index (χ0v) is 17.5. The van der Waals surface area contributed by atoms with Gasteiger partial charge in [-0.05, 0) is 37.0 Å². The van der Waals surface area contributed by atoms with Crippen molar-refractivity contribution in [3.8, 4) is 0 Å². The molecule has 1 heterocycles. The van der Waals surface area contributed by atoms with Crippen molar-refractivity contribution in [1.29, 1.82) is 0 Å². The number of hydrogen-bond donors (Lipinski definition) is 2. The molecule has 0 fully saturated rings. The molecule has 0 spiro atoms. The molecule has 27 heavy (non-hydrogen) atoms. The van der Waals surface area contributed by atoms with Crippen LogP contribution in [0.1, 0.15) is 36.6 Å². The Morgan fingerprint density at radius 2 is 1.67 bits per heavy atom. The van der Waals surface area contributed by atoms with Gasteiger partial charge in [0.2, 0.25) is 5.91 Å². The fraction of sp³-hybridized carbons (Fsp3) is 0.381. The zero-order chi connectivity index (χ0) is 17.9. The van der Waals surface area contributed by atoms with Crippen molar-refractivity contribution in [2.45, 2.75) is 38.4 Å². The Kier molecular flexibility index (Phi) is 8.76. The van der Waals surface area contributed by atoms with Crippen LogP contribution in [0.15, 0.2) is 54.6 Å². The van der Waals surface area contributed by atoms with Crippen LogP contribution in [0, 0.1) is 0 Å². The van der Waals surface area contributed by atoms with E-state index in [2.05, 4.69) is 48.3 Å². The summed E-state index contributed by atoms with van der Waals surface area (Å²) in [6, 6.07) is 17.5. The Morgan fingerprint density at radius 3 is 2.33 bits per heavy atom. The van der Waals surface area contributed by atoms with Crippen molar-refractivity contribution >= 4 is 30.7 Å². The van der Waals surface area contributed by atoms with Gasteiger partial charge in [0, 0.05) is 25.2 Å². The van der Waals surface area contributed by atoms with E-state index in [1.165, 1.54) is 11.1 Å². The first-order valence-electron chi connectivity index (χ1n) is 8.87. The molecule has 1 unspecified atom stereocenters. The van der Waals surface area contributed by atoms with Crippen LogP contribution < -0.4 is 11.1 Å². The average Bonchev–Trinajstić information content (AvgIpc) is 2.66. The van der Waals surface area contributed by atoms with Crippen LogP contribution in [-0.2, 0) is 17.8 Å². The number of nitrogens with one attached hydrogen (secondary N) is 1. The molecule has 3 N–H and O–H groups in total. The predicted octanol–water partition coefficient (Wildman–Crippen LogP) is 3.48. The fourth-order valence-electron chi connectivity index (χ4n) is 3.35. The second-order valence-electron chi connectivity index (χ2n) is 7.36. The summed E-state index contributed by atoms with van der Waals surface area (Å²) in [6.45, 7) is 6.85. The molecule has 0 bridgehead atoms. The van der Waals surface area contributed by atoms with Gasteiger partial charge in [-0.25, -0.2) is 0 Å². The molecular weight excluding hydrogens is 381 g/mol. The van der Waals surface area contributed by atoms with Crippen molar-refractivity contribution in [3.63, 3.8) is 0 Å². The summed E-state index contributed by atoms with van der Waals surface area (Å²) in [6.07, 6.45) is 1.05. The van der Waals surface area contributed by atoms with E-state index >= 15 is 0 Å². The van der Waals surface area contributed by atoms with E-state index in [1.54, 1.807) is 0 Å². The summed E-state index contributed by atoms with van der Waals surface area (Å²) in [5.74, 6) is -0.128. The highest BCUT2D eigenvalue weighted by atomic mass is 35.5. The summed E-state index contributed by atoms with van der Waals surface area (Å²) in [5.41, 5.74) is 9.61. The normalized spacial score (nSPS) is 14.9. The maximum atomic E-state index is 12.4. The number of carbonyl (C=O) groups is 1. The first kappa shape index (κ1) is 23.4. The van der Waals surface area contributed by atoms with Crippen LogP contribution in [0.4, 0.5) is 0 Å². The summed E-state index contributed by atoms with van der Waals surface area (Å²) in [5, 5.41) is 3.04. The number of fused-ring (bicyclic) bond motifs is 1. The third-order valence-corrected chi connectivity index (χ3v) is 5.12. The van der Waals surface area contributed by atoms with E-state index in [0.717, 1.165) is 25.1 Å². The van der Waals surface area contributed by atoms with Gasteiger partial charge in [-0.15, -0.1) is 24.8 Å². The lowest BCUT2D eigenvalue weighted by atomic mass is 9.94. The van der Waals surface area contributed by atoms with Crippen molar-refractivity contribution in [3.05, 3.63) is 71.3 Å². The van der Waals surface area contributed by atoms with Crippen LogP contribution in [0.25, 0.3) is 0 Å². The molecule has 1 atom stereocenters. The number of halogens is 2. The molecule has 4 nitrogen and oxygen atoms in total. The Balaban J connectivity index is 0.00000182. The van der Waals surface area contributed by atoms with Gasteiger partial charge in [-0.1, -0.05) is 54.6 Å². The highest BCUT2D eigenvalue weighted by Gasteiger charge is 2.30. The maximum Gasteiger partial charge on any atom is 0.241 e. The van der Waals surface area contributed by atoms with Gasteiger partial charge in [-0.3, -0.25) is 9.69 Å². The van der Waals surface area contributed by atoms with Gasteiger partial charge in [-0.2, -0.15) is 0 Å². The Morgan fingerprint density at radius 1 is 1.07 bits per heavy atom. The SMILES string of the molecule is CC(C)(CNC(=O)C(N)c1ccccc1)N1CCc2ccccc2C1.Cl.Cl. The molecule has 0 aliphatic carbocycles. The monoisotopic (exact) mass is 409 g/mol. The Hall–Kier alpha value is -1.59. The Bertz CT molecular complexity index is 737. The Labute approximate surface area is 174 Å². The summed E-state index contributed by atoms with van der Waals surface area (Å²) in [4.78, 5) is 14.9. The van der Waals surface area contributed by atoms with E-state index in [-0.39, 0.29) is 36.3 Å². The first-order chi connectivity index (χ1) is 12.0. The quantitative estimate of drug-likeness (QED) is 0.794. The van der Waals surface area contributed by atoms with Crippen LogP contribution >= 0.6 is 24.8 Å². The molecule has 148 valence electrons. The first-order valence-corrected chi connectivity index (χ1v) is 8.87. The van der Waals surface area contributed by atoms with Crippen LogP contribution in [0.3, 0.4) is 0 Å². The highest BCUT2D eigenvalue weighted by molar-refractivity contribution is 5.85. The van der Waals surface area contributed by atoms with E-state index in [1.807, 2.05) is 30.3 Å². The van der Waals surface area contributed by atoms with Gasteiger partial charge in [0.25, 0.3) is 0 Å². The lowest BCUT2D eigenvalue weighted by Crippen LogP contribution is -2.54. The zero-order valence-electron chi connectivity index (χ0n) is 15.9. The number of amides is 1. The van der Waals surface area contributed by atoms with Crippen LogP contribution in [-0.4, -0.2) is 29.4 Å². The highest BCUT2D eigenvalue weighted by Crippen LogP contribution is 2.25. The number of hydrogen-bond acceptors (Lipinski definition) is 3. The minimum absolute atomic E-state index is 0. The van der Waals surface area contributed by atoms with Crippen LogP contribution in [0.5, 0.6) is 0 Å². The van der Waals surface area contributed by atoms with Crippen molar-refractivity contribution in [1.82, 2.24) is 10.2 Å². The second kappa shape index (κ2) is 10.1. The van der Waals surface area contributed by atoms with E-state index in [4.69, 9.17) is 5.73 Å². The minimum atomic E-state index is -0.626. The molecule has 1 aliphatic rings. The number of nitrogens with two attached hydrogens (primary N) is 1. The molecule has 2 aromatic rings. The van der Waals surface area contributed by atoms with Crippen molar-refractivity contribution in [2.75, 3.05) is 13.1 Å². The molecule has 6 heteroatoms. The minimum Gasteiger partial charge on any atom is -0.353 e. The molecule has 0 saturated heterocycles. The summed E-state index contributed by atoms with van der Waals surface area (Å²) in [7, 11) is 0. The molecule has 2 aromatic carbocycles. The van der Waals surface area contributed by atoms with Crippen molar-refractivity contribution in [2.24, 2.45) is 5.73 Å². The lowest BCUT2D eigenvalue weighted by Gasteiger charge is -2.41. The number of nitrogens with zero attached hydrogens (tertiary/aromatic N) is 1. The third-order valence-electron chi connectivity index (χ3n) is 5.12. The van der Waals surface area contributed by atoms with Gasteiger partial charge in [0.15, 0.2) is 0 Å². The molecule has 0 aromatic heterocycles. The lowest BCUT2D eigenvalue weighted by molar-refractivity contribution is -0.123. The fourth-order valence-corrected chi connectivity index (χ4v) is 3.35. The maximum absolute atomic E-state index is 12.4. The summed E-state index contributed by atoms with van der Waals surface area (Å²) < 4.78 is 0. The predicted molar refractivity (Wildman–Crippen MR) is 116 cm³/mol. The van der Waals surface area contributed by atoms with Gasteiger partial charge in [0.05, 0.1) is 0 Å². The largest absolute Gasteiger partial charge is 0.353 e. The number of benzene rings is 2. The average molecular weight is 410 g/mol. The molecular formula is C21H29Cl2N3O. The number of carbonyl (C=O) groups excluding carboxylic acids is 1. The molecule has 1 amide bonds. The molecule has 0 saturated carbocycles. The number of rotatable bonds is 5. The standard InChI is InChI=1S/C21H27N3O.2ClH/c1-21(2,24-13-12-16-8-6-7-11-18(16)14-24)15-23-20(25)19(22)17-9-4-3-5-10-17;;/h3-11,19H,12-15,22H2,1-2H3,(H,23,25);2*1H. The second-order valence-corrected chi connectivity index (χ2v) is 7.36. The van der Waals surface area contributed by atoms with E-state index in [0.29, 0.717) is 6.54 Å². The van der Waals surface area contributed by atoms with Crippen molar-refractivity contribution < 1.29 is 4.79 Å². The third kappa shape index (κ3) is 5.69. The molecule has 0 radical (unpaired) electrons. The van der Waals surface area contributed by atoms with Gasteiger partial charge in [0.1, 0.15) is 6.04 Å². The topological polar surface area (TPSA) is 58.4 Å². The molecule has 1 aliphatic heterocycles. The smallest absolute Gasteiger partial charge is 0.241 e. The van der Waals surface area contributed by atoms with Gasteiger partial charge >= 0.3 is 0 Å². The van der Waals surface area contributed by atoms with E-state index in [9.17, 15) is 4.79 Å². The van der Waals surface area contributed by atoms with E-state index < -0.39 is 6.04 Å².